The molecule has 4 rings (SSSR count). The summed E-state index contributed by atoms with van der Waals surface area (Å²) in [6, 6.07) is 26.6. The number of carbonyl (C=O) groups is 2. The second-order valence-corrected chi connectivity index (χ2v) is 13.0. The number of nitrogens with zero attached hydrogens (tertiary/aromatic N) is 2. The Labute approximate surface area is 270 Å². The average Bonchev–Trinajstić information content (AvgIpc) is 3.05. The van der Waals surface area contributed by atoms with Crippen molar-refractivity contribution in [1.82, 2.24) is 10.2 Å². The van der Waals surface area contributed by atoms with Gasteiger partial charge in [-0.25, -0.2) is 12.8 Å². The molecular weight excluding hydrogens is 605 g/mol. The van der Waals surface area contributed by atoms with E-state index in [9.17, 15) is 22.4 Å². The molecular formula is C36H40FN3O5S. The molecule has 0 aromatic heterocycles. The van der Waals surface area contributed by atoms with E-state index >= 15 is 0 Å². The number of nitrogens with one attached hydrogen (secondary N) is 1. The summed E-state index contributed by atoms with van der Waals surface area (Å²) in [6.45, 7) is 6.86. The Morgan fingerprint density at radius 2 is 1.43 bits per heavy atom. The third-order valence-corrected chi connectivity index (χ3v) is 9.43. The lowest BCUT2D eigenvalue weighted by atomic mass is 10.1. The van der Waals surface area contributed by atoms with Gasteiger partial charge in [-0.15, -0.1) is 0 Å². The summed E-state index contributed by atoms with van der Waals surface area (Å²) in [7, 11) is -4.23. The number of rotatable bonds is 14. The lowest BCUT2D eigenvalue weighted by Crippen LogP contribution is -2.53. The topological polar surface area (TPSA) is 96.0 Å². The highest BCUT2D eigenvalue weighted by atomic mass is 32.2. The minimum Gasteiger partial charge on any atom is -0.457 e. The molecule has 2 amide bonds. The Morgan fingerprint density at radius 3 is 2.02 bits per heavy atom. The van der Waals surface area contributed by atoms with Crippen LogP contribution in [0.3, 0.4) is 0 Å². The number of carbonyl (C=O) groups excluding carboxylic acids is 2. The van der Waals surface area contributed by atoms with Crippen molar-refractivity contribution in [2.45, 2.75) is 64.1 Å². The summed E-state index contributed by atoms with van der Waals surface area (Å²) in [5.74, 6) is -0.261. The van der Waals surface area contributed by atoms with Crippen molar-refractivity contribution in [3.63, 3.8) is 0 Å². The highest BCUT2D eigenvalue weighted by molar-refractivity contribution is 7.92. The first kappa shape index (κ1) is 34.2. The molecule has 4 aromatic rings. The van der Waals surface area contributed by atoms with Crippen molar-refractivity contribution in [3.8, 4) is 11.5 Å². The molecule has 0 aliphatic heterocycles. The number of para-hydroxylation sites is 1. The van der Waals surface area contributed by atoms with E-state index < -0.39 is 34.3 Å². The maximum Gasteiger partial charge on any atom is 0.264 e. The van der Waals surface area contributed by atoms with Gasteiger partial charge in [0.1, 0.15) is 29.9 Å². The van der Waals surface area contributed by atoms with Gasteiger partial charge in [-0.2, -0.15) is 0 Å². The largest absolute Gasteiger partial charge is 0.457 e. The predicted octanol–water partition coefficient (Wildman–Crippen LogP) is 6.84. The molecule has 0 unspecified atom stereocenters. The van der Waals surface area contributed by atoms with E-state index in [4.69, 9.17) is 4.74 Å². The zero-order valence-electron chi connectivity index (χ0n) is 26.5. The lowest BCUT2D eigenvalue weighted by Gasteiger charge is -2.33. The minimum absolute atomic E-state index is 0.0159. The Hall–Kier alpha value is -4.70. The third-order valence-electron chi connectivity index (χ3n) is 7.64. The standard InChI is InChI=1S/C36H40FN3O5S/c1-5-27(4)38-36(42)34(6-2)39(24-28-14-16-29(37)17-15-28)35(41)25-40(46(43,44)33-22-12-26(3)13-23-33)30-18-20-32(21-19-30)45-31-10-8-7-9-11-31/h7-23,27,34H,5-6,24-25H2,1-4H3,(H,38,42)/t27-,34-/m0/s1. The molecule has 0 heterocycles. The maximum absolute atomic E-state index is 14.2. The predicted molar refractivity (Wildman–Crippen MR) is 178 cm³/mol. The van der Waals surface area contributed by atoms with Gasteiger partial charge in [-0.05, 0) is 92.9 Å². The normalized spacial score (nSPS) is 12.5. The van der Waals surface area contributed by atoms with Gasteiger partial charge in [0, 0.05) is 12.6 Å². The van der Waals surface area contributed by atoms with E-state index in [0.717, 1.165) is 9.87 Å². The smallest absolute Gasteiger partial charge is 0.264 e. The molecule has 0 bridgehead atoms. The summed E-state index contributed by atoms with van der Waals surface area (Å²) in [6.07, 6.45) is 0.978. The first-order chi connectivity index (χ1) is 22.0. The van der Waals surface area contributed by atoms with Crippen molar-refractivity contribution >= 4 is 27.5 Å². The summed E-state index contributed by atoms with van der Waals surface area (Å²) in [5, 5.41) is 2.94. The van der Waals surface area contributed by atoms with Crippen LogP contribution < -0.4 is 14.4 Å². The van der Waals surface area contributed by atoms with Crippen molar-refractivity contribution in [2.75, 3.05) is 10.8 Å². The van der Waals surface area contributed by atoms with Gasteiger partial charge in [0.15, 0.2) is 0 Å². The van der Waals surface area contributed by atoms with Crippen LogP contribution in [0.5, 0.6) is 11.5 Å². The second-order valence-electron chi connectivity index (χ2n) is 11.1. The number of sulfonamides is 1. The Balaban J connectivity index is 1.72. The monoisotopic (exact) mass is 645 g/mol. The van der Waals surface area contributed by atoms with E-state index in [1.54, 1.807) is 67.6 Å². The van der Waals surface area contributed by atoms with Crippen molar-refractivity contribution < 1.29 is 27.1 Å². The molecule has 4 aromatic carbocycles. The lowest BCUT2D eigenvalue weighted by molar-refractivity contribution is -0.140. The number of halogens is 1. The summed E-state index contributed by atoms with van der Waals surface area (Å²) in [5.41, 5.74) is 1.72. The minimum atomic E-state index is -4.23. The number of amides is 2. The molecule has 242 valence electrons. The molecule has 8 nitrogen and oxygen atoms in total. The van der Waals surface area contributed by atoms with Crippen molar-refractivity contribution in [2.24, 2.45) is 0 Å². The average molecular weight is 646 g/mol. The second kappa shape index (κ2) is 15.5. The fraction of sp³-hybridized carbons (Fsp3) is 0.278. The van der Waals surface area contributed by atoms with Gasteiger partial charge >= 0.3 is 0 Å². The van der Waals surface area contributed by atoms with E-state index in [-0.39, 0.29) is 35.5 Å². The van der Waals surface area contributed by atoms with Gasteiger partial charge in [0.05, 0.1) is 10.6 Å². The number of benzene rings is 4. The third kappa shape index (κ3) is 8.72. The van der Waals surface area contributed by atoms with Crippen LogP contribution >= 0.6 is 0 Å². The highest BCUT2D eigenvalue weighted by Gasteiger charge is 2.34. The van der Waals surface area contributed by atoms with Crippen LogP contribution in [0.25, 0.3) is 0 Å². The number of aryl methyl sites for hydroxylation is 1. The van der Waals surface area contributed by atoms with Crippen molar-refractivity contribution in [1.29, 1.82) is 0 Å². The van der Waals surface area contributed by atoms with Crippen LogP contribution in [0.15, 0.2) is 108 Å². The van der Waals surface area contributed by atoms with Crippen molar-refractivity contribution in [3.05, 3.63) is 120 Å². The van der Waals surface area contributed by atoms with E-state index in [1.807, 2.05) is 39.0 Å². The van der Waals surface area contributed by atoms with Gasteiger partial charge in [0.25, 0.3) is 10.0 Å². The van der Waals surface area contributed by atoms with Crippen LogP contribution in [0, 0.1) is 12.7 Å². The van der Waals surface area contributed by atoms with Crippen LogP contribution in [-0.4, -0.2) is 43.8 Å². The first-order valence-corrected chi connectivity index (χ1v) is 16.7. The van der Waals surface area contributed by atoms with E-state index in [2.05, 4.69) is 5.32 Å². The number of anilines is 1. The molecule has 0 saturated heterocycles. The van der Waals surface area contributed by atoms with Gasteiger partial charge in [-0.3, -0.25) is 13.9 Å². The summed E-state index contributed by atoms with van der Waals surface area (Å²) in [4.78, 5) is 29.0. The molecule has 2 atom stereocenters. The molecule has 0 aliphatic carbocycles. The Bertz CT molecular complexity index is 1700. The fourth-order valence-electron chi connectivity index (χ4n) is 4.82. The van der Waals surface area contributed by atoms with Crippen LogP contribution in [0.1, 0.15) is 44.7 Å². The van der Waals surface area contributed by atoms with Gasteiger partial charge in [0.2, 0.25) is 11.8 Å². The molecule has 1 N–H and O–H groups in total. The maximum atomic E-state index is 14.2. The van der Waals surface area contributed by atoms with E-state index in [0.29, 0.717) is 23.5 Å². The van der Waals surface area contributed by atoms with E-state index in [1.165, 1.54) is 29.2 Å². The first-order valence-electron chi connectivity index (χ1n) is 15.3. The Morgan fingerprint density at radius 1 is 0.826 bits per heavy atom. The molecule has 46 heavy (non-hydrogen) atoms. The Kier molecular flexibility index (Phi) is 11.5. The molecule has 0 radical (unpaired) electrons. The molecule has 0 spiro atoms. The summed E-state index contributed by atoms with van der Waals surface area (Å²) >= 11 is 0. The van der Waals surface area contributed by atoms with Crippen LogP contribution in [0.4, 0.5) is 10.1 Å². The molecule has 0 aliphatic rings. The zero-order chi connectivity index (χ0) is 33.3. The SMILES string of the molecule is CC[C@H](C)NC(=O)[C@H](CC)N(Cc1ccc(F)cc1)C(=O)CN(c1ccc(Oc2ccccc2)cc1)S(=O)(=O)c1ccc(C)cc1. The molecule has 0 saturated carbocycles. The summed E-state index contributed by atoms with van der Waals surface area (Å²) < 4.78 is 48.9. The number of ether oxygens (including phenoxy) is 1. The molecule has 10 heteroatoms. The quantitative estimate of drug-likeness (QED) is 0.162. The highest BCUT2D eigenvalue weighted by Crippen LogP contribution is 2.29. The zero-order valence-corrected chi connectivity index (χ0v) is 27.3. The van der Waals surface area contributed by atoms with Crippen LogP contribution in [0.2, 0.25) is 0 Å². The van der Waals surface area contributed by atoms with Crippen LogP contribution in [-0.2, 0) is 26.2 Å². The van der Waals surface area contributed by atoms with Gasteiger partial charge < -0.3 is 15.0 Å². The molecule has 0 fully saturated rings. The fourth-order valence-corrected chi connectivity index (χ4v) is 6.23. The number of hydrogen-bond donors (Lipinski definition) is 1. The van der Waals surface area contributed by atoms with Gasteiger partial charge in [-0.1, -0.05) is 61.9 Å². The number of hydrogen-bond acceptors (Lipinski definition) is 5.